The zero-order chi connectivity index (χ0) is 15.1. The number of hydrogen-bond acceptors (Lipinski definition) is 2. The SMILES string of the molecule is Cc1ccc(-n2c(C)nc3cccc(C(=O)O)c32)c(C)c1. The summed E-state index contributed by atoms with van der Waals surface area (Å²) in [6.07, 6.45) is 0. The van der Waals surface area contributed by atoms with Gasteiger partial charge >= 0.3 is 5.97 Å². The zero-order valence-corrected chi connectivity index (χ0v) is 12.2. The maximum absolute atomic E-state index is 11.5. The van der Waals surface area contributed by atoms with Crippen LogP contribution in [0.3, 0.4) is 0 Å². The fourth-order valence-corrected chi connectivity index (χ4v) is 2.77. The molecule has 3 aromatic rings. The number of aryl methyl sites for hydroxylation is 3. The molecule has 2 aromatic carbocycles. The number of imidazole rings is 1. The van der Waals surface area contributed by atoms with Gasteiger partial charge in [0.2, 0.25) is 0 Å². The van der Waals surface area contributed by atoms with E-state index < -0.39 is 5.97 Å². The Labute approximate surface area is 122 Å². The molecule has 21 heavy (non-hydrogen) atoms. The van der Waals surface area contributed by atoms with Crippen molar-refractivity contribution in [1.29, 1.82) is 0 Å². The molecule has 0 saturated heterocycles. The monoisotopic (exact) mass is 280 g/mol. The molecule has 0 aliphatic carbocycles. The molecule has 0 atom stereocenters. The van der Waals surface area contributed by atoms with E-state index in [1.54, 1.807) is 12.1 Å². The van der Waals surface area contributed by atoms with E-state index in [1.165, 1.54) is 5.56 Å². The number of para-hydroxylation sites is 1. The van der Waals surface area contributed by atoms with Crippen molar-refractivity contribution < 1.29 is 9.90 Å². The number of benzene rings is 2. The van der Waals surface area contributed by atoms with Crippen molar-refractivity contribution in [2.75, 3.05) is 0 Å². The van der Waals surface area contributed by atoms with Gasteiger partial charge in [0.15, 0.2) is 0 Å². The van der Waals surface area contributed by atoms with E-state index in [4.69, 9.17) is 0 Å². The number of carboxylic acid groups (broad SMARTS) is 1. The summed E-state index contributed by atoms with van der Waals surface area (Å²) in [5.41, 5.74) is 4.86. The van der Waals surface area contributed by atoms with E-state index >= 15 is 0 Å². The summed E-state index contributed by atoms with van der Waals surface area (Å²) in [5.74, 6) is -0.155. The van der Waals surface area contributed by atoms with Gasteiger partial charge in [-0.1, -0.05) is 23.8 Å². The average Bonchev–Trinajstić information content (AvgIpc) is 2.74. The minimum atomic E-state index is -0.938. The Balaban J connectivity index is 2.41. The maximum Gasteiger partial charge on any atom is 0.337 e. The second kappa shape index (κ2) is 4.74. The molecule has 1 heterocycles. The van der Waals surface area contributed by atoms with Crippen molar-refractivity contribution in [1.82, 2.24) is 9.55 Å². The van der Waals surface area contributed by atoms with Crippen LogP contribution in [0.15, 0.2) is 36.4 Å². The lowest BCUT2D eigenvalue weighted by atomic mass is 10.1. The molecule has 0 bridgehead atoms. The van der Waals surface area contributed by atoms with Crippen LogP contribution in [0.5, 0.6) is 0 Å². The standard InChI is InChI=1S/C17H16N2O2/c1-10-7-8-15(11(2)9-10)19-12(3)18-14-6-4-5-13(16(14)19)17(20)21/h4-9H,1-3H3,(H,20,21). The van der Waals surface area contributed by atoms with Gasteiger partial charge < -0.3 is 5.11 Å². The number of carboxylic acids is 1. The third-order valence-electron chi connectivity index (χ3n) is 3.67. The summed E-state index contributed by atoms with van der Waals surface area (Å²) < 4.78 is 1.92. The molecule has 0 spiro atoms. The largest absolute Gasteiger partial charge is 0.478 e. The first-order valence-electron chi connectivity index (χ1n) is 6.78. The van der Waals surface area contributed by atoms with Crippen LogP contribution in [0.25, 0.3) is 16.7 Å². The van der Waals surface area contributed by atoms with Crippen LogP contribution >= 0.6 is 0 Å². The third kappa shape index (κ3) is 2.09. The highest BCUT2D eigenvalue weighted by Crippen LogP contribution is 2.26. The highest BCUT2D eigenvalue weighted by atomic mass is 16.4. The molecule has 0 radical (unpaired) electrons. The van der Waals surface area contributed by atoms with Crippen LogP contribution in [0, 0.1) is 20.8 Å². The molecule has 4 nitrogen and oxygen atoms in total. The van der Waals surface area contributed by atoms with Crippen LogP contribution in [0.2, 0.25) is 0 Å². The van der Waals surface area contributed by atoms with Crippen molar-refractivity contribution in [3.63, 3.8) is 0 Å². The summed E-state index contributed by atoms with van der Waals surface area (Å²) in [7, 11) is 0. The van der Waals surface area contributed by atoms with Gasteiger partial charge in [-0.2, -0.15) is 0 Å². The molecule has 1 aromatic heterocycles. The summed E-state index contributed by atoms with van der Waals surface area (Å²) in [5, 5.41) is 9.44. The first-order valence-corrected chi connectivity index (χ1v) is 6.78. The van der Waals surface area contributed by atoms with E-state index in [0.717, 1.165) is 17.1 Å². The predicted molar refractivity (Wildman–Crippen MR) is 82.2 cm³/mol. The van der Waals surface area contributed by atoms with Crippen LogP contribution in [-0.4, -0.2) is 20.6 Å². The lowest BCUT2D eigenvalue weighted by Gasteiger charge is -2.12. The fourth-order valence-electron chi connectivity index (χ4n) is 2.77. The van der Waals surface area contributed by atoms with E-state index in [2.05, 4.69) is 11.1 Å². The second-order valence-corrected chi connectivity index (χ2v) is 5.26. The van der Waals surface area contributed by atoms with E-state index in [9.17, 15) is 9.90 Å². The minimum absolute atomic E-state index is 0.271. The normalized spacial score (nSPS) is 11.0. The molecule has 0 unspecified atom stereocenters. The van der Waals surface area contributed by atoms with Crippen LogP contribution < -0.4 is 0 Å². The van der Waals surface area contributed by atoms with Gasteiger partial charge in [0.1, 0.15) is 5.82 Å². The zero-order valence-electron chi connectivity index (χ0n) is 12.2. The molecular weight excluding hydrogens is 264 g/mol. The first-order chi connectivity index (χ1) is 9.99. The molecule has 0 amide bonds. The highest BCUT2D eigenvalue weighted by Gasteiger charge is 2.17. The van der Waals surface area contributed by atoms with E-state index in [1.807, 2.05) is 43.5 Å². The number of fused-ring (bicyclic) bond motifs is 1. The van der Waals surface area contributed by atoms with Crippen molar-refractivity contribution in [3.05, 3.63) is 58.9 Å². The van der Waals surface area contributed by atoms with Gasteiger partial charge in [-0.15, -0.1) is 0 Å². The molecule has 0 aliphatic heterocycles. The number of carbonyl (C=O) groups is 1. The number of aromatic nitrogens is 2. The Bertz CT molecular complexity index is 863. The Morgan fingerprint density at radius 1 is 1.14 bits per heavy atom. The maximum atomic E-state index is 11.5. The summed E-state index contributed by atoms with van der Waals surface area (Å²) in [4.78, 5) is 16.0. The predicted octanol–water partition coefficient (Wildman–Crippen LogP) is 3.65. The smallest absolute Gasteiger partial charge is 0.337 e. The molecule has 0 saturated carbocycles. The molecule has 1 N–H and O–H groups in total. The van der Waals surface area contributed by atoms with E-state index in [0.29, 0.717) is 11.0 Å². The Morgan fingerprint density at radius 2 is 1.90 bits per heavy atom. The molecule has 4 heteroatoms. The van der Waals surface area contributed by atoms with Gasteiger partial charge in [0.25, 0.3) is 0 Å². The fraction of sp³-hybridized carbons (Fsp3) is 0.176. The Kier molecular flexibility index (Phi) is 3.01. The average molecular weight is 280 g/mol. The summed E-state index contributed by atoms with van der Waals surface area (Å²) in [6.45, 7) is 5.96. The minimum Gasteiger partial charge on any atom is -0.478 e. The van der Waals surface area contributed by atoms with Gasteiger partial charge in [-0.05, 0) is 44.5 Å². The van der Waals surface area contributed by atoms with Gasteiger partial charge in [-0.25, -0.2) is 9.78 Å². The Hall–Kier alpha value is -2.62. The third-order valence-corrected chi connectivity index (χ3v) is 3.67. The molecule has 106 valence electrons. The highest BCUT2D eigenvalue weighted by molar-refractivity contribution is 6.02. The topological polar surface area (TPSA) is 55.1 Å². The summed E-state index contributed by atoms with van der Waals surface area (Å²) >= 11 is 0. The van der Waals surface area contributed by atoms with Crippen LogP contribution in [0.4, 0.5) is 0 Å². The van der Waals surface area contributed by atoms with Gasteiger partial charge in [0.05, 0.1) is 22.3 Å². The Morgan fingerprint density at radius 3 is 2.57 bits per heavy atom. The number of nitrogens with zero attached hydrogens (tertiary/aromatic N) is 2. The van der Waals surface area contributed by atoms with E-state index in [-0.39, 0.29) is 5.56 Å². The van der Waals surface area contributed by atoms with Crippen LogP contribution in [0.1, 0.15) is 27.3 Å². The van der Waals surface area contributed by atoms with Crippen molar-refractivity contribution >= 4 is 17.0 Å². The summed E-state index contributed by atoms with van der Waals surface area (Å²) in [6, 6.07) is 11.3. The molecule has 0 fully saturated rings. The van der Waals surface area contributed by atoms with Crippen molar-refractivity contribution in [3.8, 4) is 5.69 Å². The lowest BCUT2D eigenvalue weighted by molar-refractivity contribution is 0.0698. The van der Waals surface area contributed by atoms with Gasteiger partial charge in [-0.3, -0.25) is 4.57 Å². The lowest BCUT2D eigenvalue weighted by Crippen LogP contribution is -2.04. The van der Waals surface area contributed by atoms with Crippen LogP contribution in [-0.2, 0) is 0 Å². The number of rotatable bonds is 2. The molecular formula is C17H16N2O2. The molecule has 0 aliphatic rings. The van der Waals surface area contributed by atoms with Gasteiger partial charge in [0, 0.05) is 0 Å². The van der Waals surface area contributed by atoms with Crippen molar-refractivity contribution in [2.24, 2.45) is 0 Å². The second-order valence-electron chi connectivity index (χ2n) is 5.26. The quantitative estimate of drug-likeness (QED) is 0.779. The first kappa shape index (κ1) is 13.4. The number of aromatic carboxylic acids is 1. The number of hydrogen-bond donors (Lipinski definition) is 1. The molecule has 3 rings (SSSR count). The van der Waals surface area contributed by atoms with Crippen molar-refractivity contribution in [2.45, 2.75) is 20.8 Å².